The van der Waals surface area contributed by atoms with Gasteiger partial charge in [-0.05, 0) is 68.7 Å². The molecule has 0 aliphatic carbocycles. The van der Waals surface area contributed by atoms with Crippen molar-refractivity contribution in [2.75, 3.05) is 12.4 Å². The molecule has 4 nitrogen and oxygen atoms in total. The Bertz CT molecular complexity index is 690. The van der Waals surface area contributed by atoms with Crippen LogP contribution in [0.15, 0.2) is 36.4 Å². The molecule has 0 aliphatic rings. The second-order valence-electron chi connectivity index (χ2n) is 5.78. The van der Waals surface area contributed by atoms with E-state index in [1.165, 1.54) is 0 Å². The molecule has 122 valence electrons. The van der Waals surface area contributed by atoms with E-state index in [1.807, 2.05) is 51.1 Å². The molecule has 0 saturated carbocycles. The van der Waals surface area contributed by atoms with Crippen LogP contribution in [0.5, 0.6) is 11.5 Å². The molecule has 0 heterocycles. The van der Waals surface area contributed by atoms with Crippen molar-refractivity contribution < 1.29 is 14.3 Å². The summed E-state index contributed by atoms with van der Waals surface area (Å²) in [6.07, 6.45) is -0.610. The molecular weight excluding hydrogens is 290 g/mol. The van der Waals surface area contributed by atoms with Crippen LogP contribution in [-0.4, -0.2) is 19.1 Å². The molecule has 0 aromatic heterocycles. The van der Waals surface area contributed by atoms with Crippen molar-refractivity contribution in [2.24, 2.45) is 0 Å². The van der Waals surface area contributed by atoms with E-state index in [4.69, 9.17) is 9.47 Å². The lowest BCUT2D eigenvalue weighted by Crippen LogP contribution is -2.30. The summed E-state index contributed by atoms with van der Waals surface area (Å²) in [6, 6.07) is 11.5. The molecule has 0 aliphatic heterocycles. The Morgan fingerprint density at radius 1 is 1.00 bits per heavy atom. The fourth-order valence-electron chi connectivity index (χ4n) is 2.41. The van der Waals surface area contributed by atoms with E-state index in [-0.39, 0.29) is 5.91 Å². The van der Waals surface area contributed by atoms with Gasteiger partial charge in [-0.25, -0.2) is 0 Å². The topological polar surface area (TPSA) is 47.6 Å². The number of ether oxygens (including phenoxy) is 2. The van der Waals surface area contributed by atoms with Gasteiger partial charge in [-0.1, -0.05) is 12.1 Å². The summed E-state index contributed by atoms with van der Waals surface area (Å²) in [5, 5.41) is 2.86. The smallest absolute Gasteiger partial charge is 0.265 e. The Morgan fingerprint density at radius 3 is 2.26 bits per heavy atom. The maximum absolute atomic E-state index is 12.4. The fraction of sp³-hybridized carbons (Fsp3) is 0.316. The number of methoxy groups -OCH3 is 1. The molecule has 1 unspecified atom stereocenters. The van der Waals surface area contributed by atoms with Gasteiger partial charge in [0.15, 0.2) is 6.10 Å². The number of benzene rings is 2. The van der Waals surface area contributed by atoms with Gasteiger partial charge in [0.25, 0.3) is 5.91 Å². The van der Waals surface area contributed by atoms with Crippen LogP contribution < -0.4 is 14.8 Å². The first-order chi connectivity index (χ1) is 10.9. The van der Waals surface area contributed by atoms with Crippen LogP contribution in [0.25, 0.3) is 0 Å². The predicted molar refractivity (Wildman–Crippen MR) is 92.4 cm³/mol. The SMILES string of the molecule is COc1ccc(C)cc1NC(=O)C(C)Oc1cc(C)cc(C)c1. The van der Waals surface area contributed by atoms with Crippen molar-refractivity contribution in [1.29, 1.82) is 0 Å². The minimum atomic E-state index is -0.610. The van der Waals surface area contributed by atoms with E-state index in [0.29, 0.717) is 17.2 Å². The first kappa shape index (κ1) is 16.9. The largest absolute Gasteiger partial charge is 0.495 e. The van der Waals surface area contributed by atoms with Gasteiger partial charge in [0.1, 0.15) is 11.5 Å². The Hall–Kier alpha value is -2.49. The number of aryl methyl sites for hydroxylation is 3. The standard InChI is InChI=1S/C19H23NO3/c1-12-6-7-18(22-5)17(11-12)20-19(21)15(4)23-16-9-13(2)8-14(3)10-16/h6-11,15H,1-5H3,(H,20,21). The number of carbonyl (C=O) groups excluding carboxylic acids is 1. The zero-order chi connectivity index (χ0) is 17.0. The highest BCUT2D eigenvalue weighted by Crippen LogP contribution is 2.25. The van der Waals surface area contributed by atoms with E-state index in [0.717, 1.165) is 16.7 Å². The molecule has 0 bridgehead atoms. The van der Waals surface area contributed by atoms with Crippen LogP contribution in [0.4, 0.5) is 5.69 Å². The molecule has 0 saturated heterocycles. The molecule has 1 N–H and O–H groups in total. The van der Waals surface area contributed by atoms with E-state index in [2.05, 4.69) is 11.4 Å². The minimum absolute atomic E-state index is 0.215. The second-order valence-corrected chi connectivity index (χ2v) is 5.78. The number of carbonyl (C=O) groups is 1. The Balaban J connectivity index is 2.09. The molecule has 0 spiro atoms. The zero-order valence-electron chi connectivity index (χ0n) is 14.3. The summed E-state index contributed by atoms with van der Waals surface area (Å²) in [7, 11) is 1.58. The monoisotopic (exact) mass is 313 g/mol. The number of hydrogen-bond donors (Lipinski definition) is 1. The number of amides is 1. The quantitative estimate of drug-likeness (QED) is 0.906. The summed E-state index contributed by atoms with van der Waals surface area (Å²) < 4.78 is 11.0. The Kier molecular flexibility index (Phi) is 5.27. The van der Waals surface area contributed by atoms with E-state index < -0.39 is 6.10 Å². The van der Waals surface area contributed by atoms with Crippen molar-refractivity contribution in [3.05, 3.63) is 53.1 Å². The lowest BCUT2D eigenvalue weighted by Gasteiger charge is -2.17. The first-order valence-corrected chi connectivity index (χ1v) is 7.59. The first-order valence-electron chi connectivity index (χ1n) is 7.59. The van der Waals surface area contributed by atoms with Crippen LogP contribution in [0.3, 0.4) is 0 Å². The van der Waals surface area contributed by atoms with Crippen LogP contribution in [-0.2, 0) is 4.79 Å². The maximum atomic E-state index is 12.4. The molecule has 4 heteroatoms. The lowest BCUT2D eigenvalue weighted by atomic mass is 10.1. The van der Waals surface area contributed by atoms with Crippen molar-refractivity contribution in [2.45, 2.75) is 33.8 Å². The van der Waals surface area contributed by atoms with E-state index in [9.17, 15) is 4.79 Å². The van der Waals surface area contributed by atoms with Crippen molar-refractivity contribution in [3.8, 4) is 11.5 Å². The summed E-state index contributed by atoms with van der Waals surface area (Å²) in [4.78, 5) is 12.4. The Labute approximate surface area is 137 Å². The van der Waals surface area contributed by atoms with E-state index in [1.54, 1.807) is 14.0 Å². The number of nitrogens with one attached hydrogen (secondary N) is 1. The van der Waals surface area contributed by atoms with Crippen LogP contribution >= 0.6 is 0 Å². The molecule has 2 aromatic carbocycles. The van der Waals surface area contributed by atoms with E-state index >= 15 is 0 Å². The highest BCUT2D eigenvalue weighted by atomic mass is 16.5. The van der Waals surface area contributed by atoms with Crippen LogP contribution in [0, 0.1) is 20.8 Å². The van der Waals surface area contributed by atoms with Gasteiger partial charge >= 0.3 is 0 Å². The third kappa shape index (κ3) is 4.49. The highest BCUT2D eigenvalue weighted by Gasteiger charge is 2.17. The van der Waals surface area contributed by atoms with Gasteiger partial charge in [0, 0.05) is 0 Å². The summed E-state index contributed by atoms with van der Waals surface area (Å²) in [5.41, 5.74) is 3.90. The Morgan fingerprint density at radius 2 is 1.65 bits per heavy atom. The van der Waals surface area contributed by atoms with Crippen molar-refractivity contribution in [3.63, 3.8) is 0 Å². The van der Waals surface area contributed by atoms with Gasteiger partial charge in [0.05, 0.1) is 12.8 Å². The average Bonchev–Trinajstić information content (AvgIpc) is 2.46. The summed E-state index contributed by atoms with van der Waals surface area (Å²) >= 11 is 0. The normalized spacial score (nSPS) is 11.7. The predicted octanol–water partition coefficient (Wildman–Crippen LogP) is 4.03. The molecular formula is C19H23NO3. The number of hydrogen-bond acceptors (Lipinski definition) is 3. The minimum Gasteiger partial charge on any atom is -0.495 e. The molecule has 1 amide bonds. The average molecular weight is 313 g/mol. The van der Waals surface area contributed by atoms with Gasteiger partial charge < -0.3 is 14.8 Å². The summed E-state index contributed by atoms with van der Waals surface area (Å²) in [6.45, 7) is 7.70. The van der Waals surface area contributed by atoms with Gasteiger partial charge in [-0.3, -0.25) is 4.79 Å². The zero-order valence-corrected chi connectivity index (χ0v) is 14.3. The third-order valence-corrected chi connectivity index (χ3v) is 3.49. The fourth-order valence-corrected chi connectivity index (χ4v) is 2.41. The van der Waals surface area contributed by atoms with Gasteiger partial charge in [-0.2, -0.15) is 0 Å². The second kappa shape index (κ2) is 7.18. The molecule has 0 radical (unpaired) electrons. The molecule has 1 atom stereocenters. The summed E-state index contributed by atoms with van der Waals surface area (Å²) in [5.74, 6) is 1.11. The third-order valence-electron chi connectivity index (χ3n) is 3.49. The maximum Gasteiger partial charge on any atom is 0.265 e. The van der Waals surface area contributed by atoms with Crippen molar-refractivity contribution >= 4 is 11.6 Å². The number of anilines is 1. The highest BCUT2D eigenvalue weighted by molar-refractivity contribution is 5.95. The molecule has 2 rings (SSSR count). The molecule has 0 fully saturated rings. The van der Waals surface area contributed by atoms with Crippen LogP contribution in [0.1, 0.15) is 23.6 Å². The van der Waals surface area contributed by atoms with Gasteiger partial charge in [-0.15, -0.1) is 0 Å². The van der Waals surface area contributed by atoms with Gasteiger partial charge in [0.2, 0.25) is 0 Å². The molecule has 23 heavy (non-hydrogen) atoms. The number of rotatable bonds is 5. The van der Waals surface area contributed by atoms with Crippen molar-refractivity contribution in [1.82, 2.24) is 0 Å². The van der Waals surface area contributed by atoms with Crippen LogP contribution in [0.2, 0.25) is 0 Å². The lowest BCUT2D eigenvalue weighted by molar-refractivity contribution is -0.122. The molecule has 2 aromatic rings.